The number of halogens is 1. The van der Waals surface area contributed by atoms with E-state index in [1.165, 1.54) is 12.4 Å². The van der Waals surface area contributed by atoms with Crippen LogP contribution in [0.2, 0.25) is 5.15 Å². The molecule has 6 heteroatoms. The molecule has 0 spiro atoms. The topological polar surface area (TPSA) is 75.1 Å². The molecule has 1 heterocycles. The van der Waals surface area contributed by atoms with Crippen molar-refractivity contribution in [2.45, 2.75) is 19.4 Å². The van der Waals surface area contributed by atoms with Gasteiger partial charge in [-0.25, -0.2) is 9.97 Å². The average Bonchev–Trinajstić information content (AvgIpc) is 2.26. The average molecular weight is 230 g/mol. The summed E-state index contributed by atoms with van der Waals surface area (Å²) in [7, 11) is 0. The van der Waals surface area contributed by atoms with E-state index in [0.717, 1.165) is 0 Å². The first-order chi connectivity index (χ1) is 7.17. The summed E-state index contributed by atoms with van der Waals surface area (Å²) in [6.07, 6.45) is 3.25. The maximum absolute atomic E-state index is 11.5. The van der Waals surface area contributed by atoms with Crippen molar-refractivity contribution in [2.24, 2.45) is 0 Å². The van der Waals surface area contributed by atoms with Crippen molar-refractivity contribution >= 4 is 17.5 Å². The second-order valence-electron chi connectivity index (χ2n) is 2.99. The van der Waals surface area contributed by atoms with Gasteiger partial charge in [0.1, 0.15) is 10.8 Å². The highest BCUT2D eigenvalue weighted by Gasteiger charge is 2.12. The zero-order valence-corrected chi connectivity index (χ0v) is 9.03. The van der Waals surface area contributed by atoms with Gasteiger partial charge in [0.25, 0.3) is 5.91 Å². The first-order valence-corrected chi connectivity index (χ1v) is 4.94. The summed E-state index contributed by atoms with van der Waals surface area (Å²) < 4.78 is 0. The smallest absolute Gasteiger partial charge is 0.271 e. The van der Waals surface area contributed by atoms with Crippen LogP contribution in [0.5, 0.6) is 0 Å². The Balaban J connectivity index is 2.64. The van der Waals surface area contributed by atoms with E-state index in [4.69, 9.17) is 16.7 Å². The fraction of sp³-hybridized carbons (Fsp3) is 0.444. The number of carbonyl (C=O) groups is 1. The van der Waals surface area contributed by atoms with E-state index in [1.807, 2.05) is 6.92 Å². The fourth-order valence-electron chi connectivity index (χ4n) is 0.966. The molecule has 1 unspecified atom stereocenters. The van der Waals surface area contributed by atoms with Crippen molar-refractivity contribution in [2.75, 3.05) is 6.61 Å². The number of aromatic nitrogens is 2. The number of amides is 1. The number of nitrogens with one attached hydrogen (secondary N) is 1. The molecule has 1 amide bonds. The van der Waals surface area contributed by atoms with Gasteiger partial charge >= 0.3 is 0 Å². The maximum Gasteiger partial charge on any atom is 0.271 e. The standard InChI is InChI=1S/C9H12ClN3O2/c1-2-6(5-14)13-9(15)7-3-12-8(10)4-11-7/h3-4,6,14H,2,5H2,1H3,(H,13,15). The van der Waals surface area contributed by atoms with E-state index < -0.39 is 0 Å². The van der Waals surface area contributed by atoms with Crippen LogP contribution >= 0.6 is 11.6 Å². The van der Waals surface area contributed by atoms with E-state index in [9.17, 15) is 4.79 Å². The predicted octanol–water partition coefficient (Wildman–Crippen LogP) is 0.631. The monoisotopic (exact) mass is 229 g/mol. The van der Waals surface area contributed by atoms with Crippen molar-refractivity contribution in [1.82, 2.24) is 15.3 Å². The molecule has 0 saturated heterocycles. The molecule has 0 aliphatic heterocycles. The zero-order valence-electron chi connectivity index (χ0n) is 8.27. The van der Waals surface area contributed by atoms with Crippen LogP contribution in [0.3, 0.4) is 0 Å². The van der Waals surface area contributed by atoms with Crippen LogP contribution in [-0.2, 0) is 0 Å². The van der Waals surface area contributed by atoms with Gasteiger partial charge in [0, 0.05) is 0 Å². The summed E-state index contributed by atoms with van der Waals surface area (Å²) >= 11 is 5.53. The van der Waals surface area contributed by atoms with Crippen LogP contribution in [0.4, 0.5) is 0 Å². The summed E-state index contributed by atoms with van der Waals surface area (Å²) in [5.74, 6) is -0.361. The maximum atomic E-state index is 11.5. The van der Waals surface area contributed by atoms with Crippen molar-refractivity contribution < 1.29 is 9.90 Å². The Labute approximate surface area is 92.5 Å². The lowest BCUT2D eigenvalue weighted by molar-refractivity contribution is 0.0909. The molecule has 1 aromatic heterocycles. The van der Waals surface area contributed by atoms with Gasteiger partial charge in [-0.05, 0) is 6.42 Å². The van der Waals surface area contributed by atoms with Crippen LogP contribution in [0.25, 0.3) is 0 Å². The lowest BCUT2D eigenvalue weighted by atomic mass is 10.2. The molecule has 5 nitrogen and oxygen atoms in total. The molecule has 0 radical (unpaired) electrons. The molecular formula is C9H12ClN3O2. The number of rotatable bonds is 4. The number of nitrogens with zero attached hydrogens (tertiary/aromatic N) is 2. The summed E-state index contributed by atoms with van der Waals surface area (Å²) in [6.45, 7) is 1.78. The van der Waals surface area contributed by atoms with Crippen molar-refractivity contribution in [3.63, 3.8) is 0 Å². The first kappa shape index (κ1) is 11.9. The first-order valence-electron chi connectivity index (χ1n) is 4.56. The molecule has 0 saturated carbocycles. The summed E-state index contributed by atoms with van der Waals surface area (Å²) in [6, 6.07) is -0.255. The van der Waals surface area contributed by atoms with Crippen molar-refractivity contribution in [1.29, 1.82) is 0 Å². The Morgan fingerprint density at radius 2 is 2.33 bits per heavy atom. The lowest BCUT2D eigenvalue weighted by Gasteiger charge is -2.12. The number of hydrogen-bond donors (Lipinski definition) is 2. The Kier molecular flexibility index (Phi) is 4.45. The lowest BCUT2D eigenvalue weighted by Crippen LogP contribution is -2.37. The molecule has 0 aliphatic carbocycles. The Morgan fingerprint density at radius 1 is 1.60 bits per heavy atom. The molecule has 1 atom stereocenters. The van der Waals surface area contributed by atoms with Crippen LogP contribution in [0, 0.1) is 0 Å². The third-order valence-electron chi connectivity index (χ3n) is 1.90. The Morgan fingerprint density at radius 3 is 2.80 bits per heavy atom. The minimum absolute atomic E-state index is 0.0940. The van der Waals surface area contributed by atoms with Crippen LogP contribution in [0.1, 0.15) is 23.8 Å². The molecule has 0 fully saturated rings. The molecule has 0 aliphatic rings. The molecule has 0 bridgehead atoms. The van der Waals surface area contributed by atoms with Crippen molar-refractivity contribution in [3.05, 3.63) is 23.2 Å². The second kappa shape index (κ2) is 5.63. The van der Waals surface area contributed by atoms with E-state index in [-0.39, 0.29) is 29.4 Å². The Hall–Kier alpha value is -1.20. The highest BCUT2D eigenvalue weighted by atomic mass is 35.5. The van der Waals surface area contributed by atoms with E-state index in [1.54, 1.807) is 0 Å². The van der Waals surface area contributed by atoms with Gasteiger partial charge in [-0.1, -0.05) is 18.5 Å². The van der Waals surface area contributed by atoms with Gasteiger partial charge < -0.3 is 10.4 Å². The summed E-state index contributed by atoms with van der Waals surface area (Å²) in [5, 5.41) is 11.7. The molecular weight excluding hydrogens is 218 g/mol. The second-order valence-corrected chi connectivity index (χ2v) is 3.37. The highest BCUT2D eigenvalue weighted by molar-refractivity contribution is 6.29. The minimum Gasteiger partial charge on any atom is -0.394 e. The van der Waals surface area contributed by atoms with Crippen LogP contribution < -0.4 is 5.32 Å². The molecule has 2 N–H and O–H groups in total. The van der Waals surface area contributed by atoms with E-state index >= 15 is 0 Å². The SMILES string of the molecule is CCC(CO)NC(=O)c1cnc(Cl)cn1. The van der Waals surface area contributed by atoms with Gasteiger partial charge in [-0.3, -0.25) is 4.79 Å². The molecule has 0 aromatic carbocycles. The van der Waals surface area contributed by atoms with Gasteiger partial charge in [-0.2, -0.15) is 0 Å². The zero-order chi connectivity index (χ0) is 11.3. The summed E-state index contributed by atoms with van der Waals surface area (Å²) in [4.78, 5) is 19.1. The minimum atomic E-state index is -0.361. The van der Waals surface area contributed by atoms with Gasteiger partial charge in [0.15, 0.2) is 0 Å². The number of aliphatic hydroxyl groups is 1. The van der Waals surface area contributed by atoms with Crippen molar-refractivity contribution in [3.8, 4) is 0 Å². The summed E-state index contributed by atoms with van der Waals surface area (Å²) in [5.41, 5.74) is 0.186. The number of aliphatic hydroxyl groups excluding tert-OH is 1. The van der Waals surface area contributed by atoms with Gasteiger partial charge in [0.2, 0.25) is 0 Å². The predicted molar refractivity (Wildman–Crippen MR) is 55.7 cm³/mol. The molecule has 1 aromatic rings. The number of hydrogen-bond acceptors (Lipinski definition) is 4. The van der Waals surface area contributed by atoms with Crippen LogP contribution in [0.15, 0.2) is 12.4 Å². The largest absolute Gasteiger partial charge is 0.394 e. The van der Waals surface area contributed by atoms with E-state index in [0.29, 0.717) is 6.42 Å². The van der Waals surface area contributed by atoms with Gasteiger partial charge in [-0.15, -0.1) is 0 Å². The third-order valence-corrected chi connectivity index (χ3v) is 2.10. The molecule has 15 heavy (non-hydrogen) atoms. The quantitative estimate of drug-likeness (QED) is 0.794. The molecule has 82 valence electrons. The fourth-order valence-corrected chi connectivity index (χ4v) is 1.06. The Bertz CT molecular complexity index is 325. The highest BCUT2D eigenvalue weighted by Crippen LogP contribution is 2.01. The normalized spacial score (nSPS) is 12.2. The third kappa shape index (κ3) is 3.45. The van der Waals surface area contributed by atoms with E-state index in [2.05, 4.69) is 15.3 Å². The molecule has 1 rings (SSSR count). The van der Waals surface area contributed by atoms with Gasteiger partial charge in [0.05, 0.1) is 25.0 Å². The number of carbonyl (C=O) groups excluding carboxylic acids is 1. The van der Waals surface area contributed by atoms with Crippen LogP contribution in [-0.4, -0.2) is 33.6 Å².